The highest BCUT2D eigenvalue weighted by Gasteiger charge is 2.36. The van der Waals surface area contributed by atoms with Crippen LogP contribution in [0.3, 0.4) is 0 Å². The largest absolute Gasteiger partial charge is 0.507 e. The molecule has 0 radical (unpaired) electrons. The number of carbonyl (C=O) groups is 2. The maximum atomic E-state index is 13.3. The van der Waals surface area contributed by atoms with Crippen LogP contribution in [0.15, 0.2) is 60.7 Å². The van der Waals surface area contributed by atoms with E-state index < -0.39 is 0 Å². The molecule has 0 fully saturated rings. The predicted octanol–water partition coefficient (Wildman–Crippen LogP) is 6.61. The number of phenolic OH excluding ortho intramolecular Hbond substituents is 2. The zero-order valence-electron chi connectivity index (χ0n) is 21.2. The third-order valence-electron chi connectivity index (χ3n) is 8.05. The Kier molecular flexibility index (Phi) is 6.77. The Morgan fingerprint density at radius 1 is 0.692 bits per heavy atom. The number of alkyl halides is 2. The molecule has 4 aromatic rings. The smallest absolute Gasteiger partial charge is 0.227 e. The Bertz CT molecular complexity index is 1500. The standard InChI is InChI=1S/C31H28Cl2N2O4/c32-14-18-16-34(24-12-26(36)20-6-1-3-8-22(20)30(18)24)28(38)10-5-11-29(39)35-17-19(15-33)31-23-9-4-2-7-21(23)27(37)13-25(31)35/h1-4,6-9,12-13,18-19,36-37H,5,10-11,14-17H2. The fourth-order valence-corrected chi connectivity index (χ4v) is 6.74. The monoisotopic (exact) mass is 562 g/mol. The van der Waals surface area contributed by atoms with Gasteiger partial charge in [0.25, 0.3) is 0 Å². The van der Waals surface area contributed by atoms with Gasteiger partial charge in [-0.15, -0.1) is 23.2 Å². The van der Waals surface area contributed by atoms with Crippen LogP contribution in [-0.4, -0.2) is 46.9 Å². The summed E-state index contributed by atoms with van der Waals surface area (Å²) in [7, 11) is 0. The van der Waals surface area contributed by atoms with E-state index in [0.717, 1.165) is 32.7 Å². The van der Waals surface area contributed by atoms with Crippen molar-refractivity contribution < 1.29 is 19.8 Å². The number of fused-ring (bicyclic) bond motifs is 6. The molecule has 6 nitrogen and oxygen atoms in total. The molecule has 0 saturated carbocycles. The highest BCUT2D eigenvalue weighted by atomic mass is 35.5. The zero-order valence-corrected chi connectivity index (χ0v) is 22.8. The van der Waals surface area contributed by atoms with Gasteiger partial charge in [-0.1, -0.05) is 48.5 Å². The molecule has 2 amide bonds. The highest BCUT2D eigenvalue weighted by molar-refractivity contribution is 6.19. The van der Waals surface area contributed by atoms with E-state index in [1.807, 2.05) is 48.5 Å². The van der Waals surface area contributed by atoms with Gasteiger partial charge in [-0.25, -0.2) is 0 Å². The van der Waals surface area contributed by atoms with Crippen LogP contribution in [0.2, 0.25) is 0 Å². The second-order valence-corrected chi connectivity index (χ2v) is 10.9. The minimum Gasteiger partial charge on any atom is -0.507 e. The predicted molar refractivity (Wildman–Crippen MR) is 157 cm³/mol. The van der Waals surface area contributed by atoms with Crippen molar-refractivity contribution in [3.63, 3.8) is 0 Å². The molecule has 0 aliphatic carbocycles. The van der Waals surface area contributed by atoms with Crippen LogP contribution in [0.4, 0.5) is 11.4 Å². The summed E-state index contributed by atoms with van der Waals surface area (Å²) in [5.74, 6) is 0.715. The lowest BCUT2D eigenvalue weighted by molar-refractivity contribution is -0.119. The maximum absolute atomic E-state index is 13.3. The van der Waals surface area contributed by atoms with Gasteiger partial charge < -0.3 is 20.0 Å². The fraction of sp³-hybridized carbons (Fsp3) is 0.290. The number of rotatable bonds is 6. The maximum Gasteiger partial charge on any atom is 0.227 e. The minimum absolute atomic E-state index is 0.0335. The van der Waals surface area contributed by atoms with E-state index >= 15 is 0 Å². The van der Waals surface area contributed by atoms with Crippen LogP contribution in [0.5, 0.6) is 11.5 Å². The molecule has 2 N–H and O–H groups in total. The van der Waals surface area contributed by atoms with Crippen molar-refractivity contribution in [3.8, 4) is 11.5 Å². The summed E-state index contributed by atoms with van der Waals surface area (Å²) in [5.41, 5.74) is 3.34. The molecule has 4 aromatic carbocycles. The van der Waals surface area contributed by atoms with Crippen LogP contribution in [0.1, 0.15) is 42.2 Å². The summed E-state index contributed by atoms with van der Waals surface area (Å²) in [6.45, 7) is 0.893. The normalized spacial score (nSPS) is 18.1. The molecule has 0 aromatic heterocycles. The first kappa shape index (κ1) is 25.8. The molecule has 2 heterocycles. The van der Waals surface area contributed by atoms with E-state index in [0.29, 0.717) is 42.6 Å². The minimum atomic E-state index is -0.101. The molecule has 6 rings (SSSR count). The summed E-state index contributed by atoms with van der Waals surface area (Å²) in [5, 5.41) is 24.5. The van der Waals surface area contributed by atoms with E-state index in [1.54, 1.807) is 21.9 Å². The summed E-state index contributed by atoms with van der Waals surface area (Å²) in [6.07, 6.45) is 0.762. The molecule has 2 unspecified atom stereocenters. The van der Waals surface area contributed by atoms with Crippen molar-refractivity contribution in [2.45, 2.75) is 31.1 Å². The molecular formula is C31H28Cl2N2O4. The number of halogens is 2. The van der Waals surface area contributed by atoms with Crippen molar-refractivity contribution in [2.24, 2.45) is 0 Å². The Labute approximate surface area is 236 Å². The van der Waals surface area contributed by atoms with E-state index in [9.17, 15) is 19.8 Å². The van der Waals surface area contributed by atoms with Gasteiger partial charge in [-0.05, 0) is 28.3 Å². The fourth-order valence-electron chi connectivity index (χ4n) is 6.24. The Balaban J connectivity index is 1.19. The first-order valence-electron chi connectivity index (χ1n) is 13.1. The summed E-state index contributed by atoms with van der Waals surface area (Å²) >= 11 is 12.6. The lowest BCUT2D eigenvalue weighted by atomic mass is 9.95. The summed E-state index contributed by atoms with van der Waals surface area (Å²) in [4.78, 5) is 30.1. The molecule has 8 heteroatoms. The Morgan fingerprint density at radius 2 is 1.08 bits per heavy atom. The van der Waals surface area contributed by atoms with Gasteiger partial charge in [-0.2, -0.15) is 0 Å². The van der Waals surface area contributed by atoms with Gasteiger partial charge >= 0.3 is 0 Å². The number of hydrogen-bond acceptors (Lipinski definition) is 4. The number of benzene rings is 4. The van der Waals surface area contributed by atoms with Crippen molar-refractivity contribution in [3.05, 3.63) is 71.8 Å². The van der Waals surface area contributed by atoms with Gasteiger partial charge in [0.1, 0.15) is 11.5 Å². The Morgan fingerprint density at radius 3 is 1.46 bits per heavy atom. The number of nitrogens with zero attached hydrogens (tertiary/aromatic N) is 2. The number of amides is 2. The van der Waals surface area contributed by atoms with E-state index in [4.69, 9.17) is 23.2 Å². The molecule has 0 saturated heterocycles. The van der Waals surface area contributed by atoms with E-state index in [1.165, 1.54) is 0 Å². The summed E-state index contributed by atoms with van der Waals surface area (Å²) < 4.78 is 0. The van der Waals surface area contributed by atoms with Crippen LogP contribution >= 0.6 is 23.2 Å². The van der Waals surface area contributed by atoms with Gasteiger partial charge in [0, 0.05) is 72.4 Å². The second-order valence-electron chi connectivity index (χ2n) is 10.3. The van der Waals surface area contributed by atoms with E-state index in [-0.39, 0.29) is 48.0 Å². The average molecular weight is 563 g/mol. The van der Waals surface area contributed by atoms with Crippen molar-refractivity contribution in [1.29, 1.82) is 0 Å². The molecule has 200 valence electrons. The molecule has 0 bridgehead atoms. The Hall–Kier alpha value is -3.48. The molecular weight excluding hydrogens is 535 g/mol. The number of aromatic hydroxyl groups is 2. The lowest BCUT2D eigenvalue weighted by Crippen LogP contribution is -2.32. The number of phenols is 2. The SMILES string of the molecule is O=C(CCCC(=O)N1CC(CCl)c2c1cc(O)c1ccccc21)N1CC(CCl)c2c1cc(O)c1ccccc21. The molecule has 2 aliphatic rings. The van der Waals surface area contributed by atoms with Gasteiger partial charge in [-0.3, -0.25) is 9.59 Å². The summed E-state index contributed by atoms with van der Waals surface area (Å²) in [6, 6.07) is 18.5. The van der Waals surface area contributed by atoms with Gasteiger partial charge in [0.15, 0.2) is 0 Å². The highest BCUT2D eigenvalue weighted by Crippen LogP contribution is 2.47. The van der Waals surface area contributed by atoms with Gasteiger partial charge in [0.2, 0.25) is 11.8 Å². The molecule has 2 atom stereocenters. The molecule has 0 spiro atoms. The first-order valence-corrected chi connectivity index (χ1v) is 14.2. The quantitative estimate of drug-likeness (QED) is 0.259. The van der Waals surface area contributed by atoms with Crippen molar-refractivity contribution >= 4 is 67.9 Å². The van der Waals surface area contributed by atoms with Crippen LogP contribution in [0.25, 0.3) is 21.5 Å². The van der Waals surface area contributed by atoms with Crippen molar-refractivity contribution in [2.75, 3.05) is 34.6 Å². The van der Waals surface area contributed by atoms with Crippen LogP contribution < -0.4 is 9.80 Å². The number of carbonyl (C=O) groups excluding carboxylic acids is 2. The average Bonchev–Trinajstić information content (AvgIpc) is 3.52. The third kappa shape index (κ3) is 4.26. The lowest BCUT2D eigenvalue weighted by Gasteiger charge is -2.20. The van der Waals surface area contributed by atoms with Crippen LogP contribution in [-0.2, 0) is 9.59 Å². The third-order valence-corrected chi connectivity index (χ3v) is 8.79. The number of hydrogen-bond donors (Lipinski definition) is 2. The topological polar surface area (TPSA) is 81.1 Å². The molecule has 39 heavy (non-hydrogen) atoms. The first-order chi connectivity index (χ1) is 18.9. The number of anilines is 2. The van der Waals surface area contributed by atoms with E-state index in [2.05, 4.69) is 0 Å². The second kappa shape index (κ2) is 10.2. The van der Waals surface area contributed by atoms with Crippen LogP contribution in [0, 0.1) is 0 Å². The van der Waals surface area contributed by atoms with Crippen molar-refractivity contribution in [1.82, 2.24) is 0 Å². The zero-order chi connectivity index (χ0) is 27.3. The molecule has 2 aliphatic heterocycles. The van der Waals surface area contributed by atoms with Gasteiger partial charge in [0.05, 0.1) is 11.4 Å².